The van der Waals surface area contributed by atoms with Crippen molar-refractivity contribution in [1.82, 2.24) is 4.98 Å². The Labute approximate surface area is 66.6 Å². The van der Waals surface area contributed by atoms with Crippen molar-refractivity contribution >= 4 is 11.3 Å². The van der Waals surface area contributed by atoms with Crippen molar-refractivity contribution in [3.8, 4) is 18.2 Å². The topological polar surface area (TPSA) is 84.3 Å². The number of hydrogen-bond donors (Lipinski definition) is 0. The Balaban J connectivity index is 3.32. The fraction of sp³-hybridized carbons (Fsp3) is 0. The van der Waals surface area contributed by atoms with Crippen molar-refractivity contribution in [3.63, 3.8) is 0 Å². The average Bonchev–Trinajstić information content (AvgIpc) is 2.46. The Hall–Kier alpha value is -1.90. The molecule has 0 saturated carbocycles. The van der Waals surface area contributed by atoms with E-state index >= 15 is 0 Å². The van der Waals surface area contributed by atoms with Crippen LogP contribution in [0, 0.1) is 34.0 Å². The molecule has 0 aliphatic heterocycles. The van der Waals surface area contributed by atoms with Crippen molar-refractivity contribution in [2.45, 2.75) is 0 Å². The Bertz CT molecular complexity index is 366. The molecule has 1 aromatic rings. The Kier molecular flexibility index (Phi) is 1.83. The van der Waals surface area contributed by atoms with Gasteiger partial charge in [-0.1, -0.05) is 11.3 Å². The summed E-state index contributed by atoms with van der Waals surface area (Å²) in [4.78, 5) is 3.79. The summed E-state index contributed by atoms with van der Waals surface area (Å²) in [5, 5.41) is 25.3. The first kappa shape index (κ1) is 7.21. The van der Waals surface area contributed by atoms with Crippen LogP contribution in [0.2, 0.25) is 0 Å². The SMILES string of the molecule is N#Cc1nc(C#N)c(C#N)s1. The molecule has 50 valence electrons. The molecular weight excluding hydrogens is 160 g/mol. The minimum Gasteiger partial charge on any atom is -0.213 e. The monoisotopic (exact) mass is 160 g/mol. The summed E-state index contributed by atoms with van der Waals surface area (Å²) in [7, 11) is 0. The van der Waals surface area contributed by atoms with E-state index in [0.717, 1.165) is 11.3 Å². The van der Waals surface area contributed by atoms with Crippen LogP contribution in [0.4, 0.5) is 0 Å². The Morgan fingerprint density at radius 2 is 1.82 bits per heavy atom. The third-order valence-electron chi connectivity index (χ3n) is 0.930. The summed E-state index contributed by atoms with van der Waals surface area (Å²) in [5.41, 5.74) is 0.0362. The minimum atomic E-state index is 0.0362. The molecule has 1 rings (SSSR count). The van der Waals surface area contributed by atoms with Gasteiger partial charge in [0.15, 0.2) is 10.7 Å². The van der Waals surface area contributed by atoms with Crippen molar-refractivity contribution in [2.24, 2.45) is 0 Å². The lowest BCUT2D eigenvalue weighted by Gasteiger charge is -1.71. The van der Waals surface area contributed by atoms with E-state index in [1.807, 2.05) is 0 Å². The second kappa shape index (κ2) is 2.79. The maximum absolute atomic E-state index is 8.42. The lowest BCUT2D eigenvalue weighted by molar-refractivity contribution is 1.28. The van der Waals surface area contributed by atoms with Crippen LogP contribution in [0.25, 0.3) is 0 Å². The summed E-state index contributed by atoms with van der Waals surface area (Å²) < 4.78 is 0. The summed E-state index contributed by atoms with van der Waals surface area (Å²) in [6.07, 6.45) is 0. The van der Waals surface area contributed by atoms with E-state index < -0.39 is 0 Å². The number of nitrogens with zero attached hydrogens (tertiary/aromatic N) is 4. The first-order valence-corrected chi connectivity index (χ1v) is 3.34. The summed E-state index contributed by atoms with van der Waals surface area (Å²) in [6, 6.07) is 5.27. The van der Waals surface area contributed by atoms with Crippen molar-refractivity contribution in [2.75, 3.05) is 0 Å². The molecule has 0 saturated heterocycles. The van der Waals surface area contributed by atoms with E-state index in [1.165, 1.54) is 0 Å². The highest BCUT2D eigenvalue weighted by molar-refractivity contribution is 7.12. The maximum Gasteiger partial charge on any atom is 0.196 e. The van der Waals surface area contributed by atoms with E-state index in [-0.39, 0.29) is 15.6 Å². The zero-order chi connectivity index (χ0) is 8.27. The highest BCUT2D eigenvalue weighted by atomic mass is 32.1. The third kappa shape index (κ3) is 1.16. The van der Waals surface area contributed by atoms with Gasteiger partial charge in [0.1, 0.15) is 23.1 Å². The molecular formula is C6N4S. The van der Waals surface area contributed by atoms with Crippen molar-refractivity contribution < 1.29 is 0 Å². The van der Waals surface area contributed by atoms with Crippen LogP contribution in [-0.2, 0) is 0 Å². The summed E-state index contributed by atoms with van der Waals surface area (Å²) in [5.74, 6) is 0. The average molecular weight is 160 g/mol. The molecule has 0 aliphatic rings. The van der Waals surface area contributed by atoms with Crippen LogP contribution in [0.15, 0.2) is 0 Å². The van der Waals surface area contributed by atoms with Gasteiger partial charge in [-0.2, -0.15) is 15.8 Å². The second-order valence-corrected chi connectivity index (χ2v) is 2.53. The third-order valence-corrected chi connectivity index (χ3v) is 1.79. The smallest absolute Gasteiger partial charge is 0.196 e. The maximum atomic E-state index is 8.42. The molecule has 0 radical (unpaired) electrons. The molecule has 0 N–H and O–H groups in total. The Morgan fingerprint density at radius 3 is 2.18 bits per heavy atom. The molecule has 0 unspecified atom stereocenters. The predicted molar refractivity (Wildman–Crippen MR) is 36.3 cm³/mol. The van der Waals surface area contributed by atoms with Gasteiger partial charge in [-0.05, 0) is 0 Å². The summed E-state index contributed by atoms with van der Waals surface area (Å²) >= 11 is 0.928. The highest BCUT2D eigenvalue weighted by Crippen LogP contribution is 2.15. The molecule has 0 aliphatic carbocycles. The first-order chi connectivity index (χ1) is 5.31. The molecule has 0 atom stereocenters. The normalized spacial score (nSPS) is 7.73. The molecule has 0 bridgehead atoms. The Morgan fingerprint density at radius 1 is 1.09 bits per heavy atom. The fourth-order valence-electron chi connectivity index (χ4n) is 0.520. The van der Waals surface area contributed by atoms with Crippen molar-refractivity contribution in [1.29, 1.82) is 15.8 Å². The van der Waals surface area contributed by atoms with Gasteiger partial charge in [0.25, 0.3) is 0 Å². The zero-order valence-electron chi connectivity index (χ0n) is 5.20. The van der Waals surface area contributed by atoms with Crippen LogP contribution in [0.5, 0.6) is 0 Å². The molecule has 5 heteroatoms. The highest BCUT2D eigenvalue weighted by Gasteiger charge is 2.08. The number of nitriles is 3. The van der Waals surface area contributed by atoms with Crippen molar-refractivity contribution in [3.05, 3.63) is 15.6 Å². The van der Waals surface area contributed by atoms with Gasteiger partial charge in [0, 0.05) is 0 Å². The van der Waals surface area contributed by atoms with Gasteiger partial charge in [0.2, 0.25) is 0 Å². The second-order valence-electron chi connectivity index (χ2n) is 1.53. The zero-order valence-corrected chi connectivity index (χ0v) is 6.01. The molecule has 0 aromatic carbocycles. The van der Waals surface area contributed by atoms with Crippen LogP contribution >= 0.6 is 11.3 Å². The fourth-order valence-corrected chi connectivity index (χ4v) is 1.13. The van der Waals surface area contributed by atoms with Gasteiger partial charge in [0.05, 0.1) is 0 Å². The van der Waals surface area contributed by atoms with E-state index in [0.29, 0.717) is 0 Å². The van der Waals surface area contributed by atoms with E-state index in [1.54, 1.807) is 18.2 Å². The minimum absolute atomic E-state index is 0.0362. The van der Waals surface area contributed by atoms with Gasteiger partial charge in [-0.25, -0.2) is 4.98 Å². The van der Waals surface area contributed by atoms with Gasteiger partial charge in [-0.3, -0.25) is 0 Å². The number of aromatic nitrogens is 1. The van der Waals surface area contributed by atoms with Gasteiger partial charge in [-0.15, -0.1) is 0 Å². The predicted octanol–water partition coefficient (Wildman–Crippen LogP) is 0.758. The van der Waals surface area contributed by atoms with Crippen LogP contribution in [-0.4, -0.2) is 4.98 Å². The van der Waals surface area contributed by atoms with Gasteiger partial charge < -0.3 is 0 Å². The van der Waals surface area contributed by atoms with E-state index in [4.69, 9.17) is 15.8 Å². The molecule has 1 aromatic heterocycles. The largest absolute Gasteiger partial charge is 0.213 e. The van der Waals surface area contributed by atoms with E-state index in [9.17, 15) is 0 Å². The lowest BCUT2D eigenvalue weighted by Crippen LogP contribution is -1.76. The molecule has 0 spiro atoms. The quantitative estimate of drug-likeness (QED) is 0.560. The van der Waals surface area contributed by atoms with E-state index in [2.05, 4.69) is 4.98 Å². The van der Waals surface area contributed by atoms with Crippen LogP contribution in [0.3, 0.4) is 0 Å². The first-order valence-electron chi connectivity index (χ1n) is 2.53. The van der Waals surface area contributed by atoms with Gasteiger partial charge >= 0.3 is 0 Å². The van der Waals surface area contributed by atoms with Crippen LogP contribution in [0.1, 0.15) is 15.6 Å². The number of hydrogen-bond acceptors (Lipinski definition) is 5. The standard InChI is InChI=1S/C6N4S/c7-1-4-5(2-8)11-6(3-9)10-4. The molecule has 4 nitrogen and oxygen atoms in total. The van der Waals surface area contributed by atoms with Crippen LogP contribution < -0.4 is 0 Å². The number of thiazole rings is 1. The molecule has 0 fully saturated rings. The molecule has 1 heterocycles. The molecule has 11 heavy (non-hydrogen) atoms. The lowest BCUT2D eigenvalue weighted by atomic mass is 10.4. The summed E-state index contributed by atoms with van der Waals surface area (Å²) in [6.45, 7) is 0. The molecule has 0 amide bonds. The number of rotatable bonds is 0.